The smallest absolute Gasteiger partial charge is 0.328 e. The average molecular weight is 997 g/mol. The summed E-state index contributed by atoms with van der Waals surface area (Å²) in [4.78, 5) is 51.2. The van der Waals surface area contributed by atoms with Gasteiger partial charge in [0.15, 0.2) is 11.6 Å². The number of hydrogen-bond donors (Lipinski definition) is 6. The Morgan fingerprint density at radius 3 is 1.88 bits per heavy atom. The molecule has 0 bridgehead atoms. The van der Waals surface area contributed by atoms with E-state index in [1.165, 1.54) is 55.6 Å². The van der Waals surface area contributed by atoms with E-state index in [0.717, 1.165) is 47.0 Å². The van der Waals surface area contributed by atoms with Crippen molar-refractivity contribution in [2.75, 3.05) is 10.6 Å². The van der Waals surface area contributed by atoms with Crippen molar-refractivity contribution in [1.82, 2.24) is 19.5 Å². The third-order valence-electron chi connectivity index (χ3n) is 9.92. The van der Waals surface area contributed by atoms with E-state index in [0.29, 0.717) is 6.07 Å². The number of aryl methyl sites for hydroxylation is 1. The van der Waals surface area contributed by atoms with Gasteiger partial charge in [0.2, 0.25) is 11.2 Å². The molecular weight excluding hydrogens is 972 g/mol. The first-order valence-electron chi connectivity index (χ1n) is 18.1. The lowest BCUT2D eigenvalue weighted by molar-refractivity contribution is 0.102. The second-order valence-corrected chi connectivity index (χ2v) is 20.0. The maximum absolute atomic E-state index is 14.6. The van der Waals surface area contributed by atoms with E-state index in [4.69, 9.17) is 16.3 Å². The molecule has 8 rings (SSSR count). The van der Waals surface area contributed by atoms with Crippen molar-refractivity contribution in [3.8, 4) is 22.9 Å². The monoisotopic (exact) mass is 996 g/mol. The van der Waals surface area contributed by atoms with E-state index in [1.807, 2.05) is 0 Å². The summed E-state index contributed by atoms with van der Waals surface area (Å²) < 4.78 is 144. The summed E-state index contributed by atoms with van der Waals surface area (Å²) in [5.41, 5.74) is -3.47. The molecule has 0 aliphatic heterocycles. The van der Waals surface area contributed by atoms with Crippen molar-refractivity contribution < 1.29 is 66.2 Å². The number of aromatic nitrogens is 4. The summed E-state index contributed by atoms with van der Waals surface area (Å²) in [6.45, 7) is 0. The van der Waals surface area contributed by atoms with E-state index in [9.17, 15) is 66.3 Å². The van der Waals surface area contributed by atoms with Gasteiger partial charge in [0, 0.05) is 29.1 Å². The van der Waals surface area contributed by atoms with Crippen LogP contribution in [0.5, 0.6) is 11.8 Å². The molecule has 0 spiro atoms. The summed E-state index contributed by atoms with van der Waals surface area (Å²) in [6, 6.07) is 17.5. The second-order valence-electron chi connectivity index (χ2n) is 14.0. The zero-order valence-corrected chi connectivity index (χ0v) is 36.7. The number of pyridine rings is 1. The van der Waals surface area contributed by atoms with Gasteiger partial charge in [-0.25, -0.2) is 0 Å². The van der Waals surface area contributed by atoms with E-state index >= 15 is 0 Å². The molecule has 5 aromatic carbocycles. The van der Waals surface area contributed by atoms with Gasteiger partial charge in [-0.05, 0) is 77.8 Å². The van der Waals surface area contributed by atoms with Crippen LogP contribution in [0.2, 0.25) is 5.28 Å². The number of fused-ring (bicyclic) bond motifs is 2. The zero-order chi connectivity index (χ0) is 47.8. The molecule has 66 heavy (non-hydrogen) atoms. The van der Waals surface area contributed by atoms with E-state index in [-0.39, 0.29) is 50.2 Å². The van der Waals surface area contributed by atoms with E-state index in [2.05, 4.69) is 25.6 Å². The quantitative estimate of drug-likeness (QED) is 0.0686. The van der Waals surface area contributed by atoms with Crippen LogP contribution < -0.4 is 20.9 Å². The van der Waals surface area contributed by atoms with Gasteiger partial charge in [-0.3, -0.25) is 32.6 Å². The highest BCUT2D eigenvalue weighted by Crippen LogP contribution is 2.45. The fraction of sp³-hybridized carbons (Fsp3) is 0.0256. The number of halogens is 1. The normalized spacial score (nSPS) is 12.7. The SMILES string of the molecule is Cn1c(=O)c(C(=O)c2cccc(S(=O)(=O)O)c2)c2c3c(c(Nc4cc(Nc5nc(Cl)nc(Oc6ccc(S(=O)(=O)O)cc6)n5)c(S(=O)(=O)O)cc4S(=O)(=O)O)ccc31)C(=O)c1ccccc1-2. The summed E-state index contributed by atoms with van der Waals surface area (Å²) in [5.74, 6) is -2.40. The molecule has 0 amide bonds. The lowest BCUT2D eigenvalue weighted by Crippen LogP contribution is -2.29. The van der Waals surface area contributed by atoms with Gasteiger partial charge in [-0.2, -0.15) is 48.6 Å². The minimum absolute atomic E-state index is 0.0265. The summed E-state index contributed by atoms with van der Waals surface area (Å²) in [7, 11) is -18.9. The molecule has 1 aliphatic rings. The van der Waals surface area contributed by atoms with Crippen LogP contribution >= 0.6 is 11.6 Å². The topological polar surface area (TPSA) is 346 Å². The highest BCUT2D eigenvalue weighted by molar-refractivity contribution is 7.87. The van der Waals surface area contributed by atoms with Crippen LogP contribution in [0, 0.1) is 0 Å². The number of benzene rings is 5. The van der Waals surface area contributed by atoms with Crippen LogP contribution in [0.25, 0.3) is 22.0 Å². The largest absolute Gasteiger partial charge is 0.424 e. The summed E-state index contributed by atoms with van der Waals surface area (Å²) in [6.07, 6.45) is 0. The molecule has 0 radical (unpaired) electrons. The number of anilines is 4. The third-order valence-corrected chi connectivity index (χ3v) is 13.6. The first-order valence-corrected chi connectivity index (χ1v) is 24.2. The molecular formula is C39H25ClN6O16S4. The molecule has 0 saturated heterocycles. The number of carbonyl (C=O) groups excluding carboxylic acids is 2. The number of rotatable bonds is 12. The minimum atomic E-state index is -5.42. The number of ether oxygens (including phenoxy) is 1. The van der Waals surface area contributed by atoms with Crippen molar-refractivity contribution in [2.24, 2.45) is 7.05 Å². The Balaban J connectivity index is 1.30. The number of nitrogens with zero attached hydrogens (tertiary/aromatic N) is 4. The number of ketones is 2. The van der Waals surface area contributed by atoms with Gasteiger partial charge >= 0.3 is 6.01 Å². The predicted molar refractivity (Wildman–Crippen MR) is 232 cm³/mol. The van der Waals surface area contributed by atoms with Crippen molar-refractivity contribution in [1.29, 1.82) is 0 Å². The van der Waals surface area contributed by atoms with Gasteiger partial charge in [0.25, 0.3) is 46.0 Å². The fourth-order valence-electron chi connectivity index (χ4n) is 7.10. The van der Waals surface area contributed by atoms with Gasteiger partial charge < -0.3 is 19.9 Å². The molecule has 0 atom stereocenters. The van der Waals surface area contributed by atoms with E-state index in [1.54, 1.807) is 0 Å². The van der Waals surface area contributed by atoms with Crippen LogP contribution in [0.4, 0.5) is 23.0 Å². The lowest BCUT2D eigenvalue weighted by Gasteiger charge is -2.26. The number of carbonyl (C=O) groups is 2. The first-order chi connectivity index (χ1) is 30.8. The van der Waals surface area contributed by atoms with Gasteiger partial charge in [0.1, 0.15) is 15.5 Å². The fourth-order valence-corrected chi connectivity index (χ4v) is 9.64. The Morgan fingerprint density at radius 1 is 0.636 bits per heavy atom. The molecule has 0 unspecified atom stereocenters. The molecule has 1 aliphatic carbocycles. The molecule has 22 nitrogen and oxygen atoms in total. The third kappa shape index (κ3) is 8.50. The highest BCUT2D eigenvalue weighted by Gasteiger charge is 2.35. The molecule has 338 valence electrons. The predicted octanol–water partition coefficient (Wildman–Crippen LogP) is 5.09. The number of hydrogen-bond acceptors (Lipinski definition) is 17. The van der Waals surface area contributed by atoms with Crippen LogP contribution in [-0.2, 0) is 47.5 Å². The number of nitrogens with one attached hydrogen (secondary N) is 2. The van der Waals surface area contributed by atoms with E-state index < -0.39 is 111 Å². The standard InChI is InChI=1S/C39H25ClN6O16S4/c1-46-27-14-13-24(31-32(27)30(22-7-2-3-8-23(22)35(31)48)33(36(46)49)34(47)18-5-4-6-21(15-18)64(53,54)55)41-25-16-26(29(66(59,60)61)17-28(25)65(56,57)58)42-38-43-37(40)44-39(45-38)62-19-9-11-20(12-10-19)63(50,51)52/h2-17,41H,1H3,(H,50,51,52)(H,53,54,55)(H,56,57,58)(H,59,60,61)(H,42,43,44,45). The van der Waals surface area contributed by atoms with Crippen molar-refractivity contribution in [3.05, 3.63) is 135 Å². The minimum Gasteiger partial charge on any atom is -0.424 e. The maximum atomic E-state index is 14.6. The Morgan fingerprint density at radius 2 is 1.26 bits per heavy atom. The van der Waals surface area contributed by atoms with Gasteiger partial charge in [0.05, 0.1) is 43.5 Å². The Hall–Kier alpha value is -7.01. The molecule has 6 N–H and O–H groups in total. The summed E-state index contributed by atoms with van der Waals surface area (Å²) in [5, 5.41) is 4.58. The molecule has 2 aromatic heterocycles. The van der Waals surface area contributed by atoms with Crippen LogP contribution in [-0.4, -0.2) is 83.0 Å². The van der Waals surface area contributed by atoms with Crippen molar-refractivity contribution >= 4 is 97.6 Å². The van der Waals surface area contributed by atoms with Crippen LogP contribution in [0.15, 0.2) is 121 Å². The first kappa shape index (κ1) is 45.6. The van der Waals surface area contributed by atoms with Gasteiger partial charge in [-0.1, -0.05) is 36.4 Å². The molecule has 0 saturated carbocycles. The van der Waals surface area contributed by atoms with Crippen LogP contribution in [0.3, 0.4) is 0 Å². The Kier molecular flexibility index (Phi) is 11.1. The average Bonchev–Trinajstić information content (AvgIpc) is 3.22. The Labute approximate surface area is 376 Å². The van der Waals surface area contributed by atoms with Crippen LogP contribution in [0.1, 0.15) is 31.8 Å². The highest BCUT2D eigenvalue weighted by atomic mass is 35.5. The second kappa shape index (κ2) is 16.2. The van der Waals surface area contributed by atoms with Crippen molar-refractivity contribution in [2.45, 2.75) is 19.6 Å². The van der Waals surface area contributed by atoms with Crippen molar-refractivity contribution in [3.63, 3.8) is 0 Å². The Bertz CT molecular complexity index is 3830. The lowest BCUT2D eigenvalue weighted by atomic mass is 9.80. The van der Waals surface area contributed by atoms with Gasteiger partial charge in [-0.15, -0.1) is 0 Å². The summed E-state index contributed by atoms with van der Waals surface area (Å²) >= 11 is 6.09. The molecule has 27 heteroatoms. The molecule has 2 heterocycles. The molecule has 0 fully saturated rings. The zero-order valence-electron chi connectivity index (χ0n) is 32.7. The molecule has 7 aromatic rings. The maximum Gasteiger partial charge on any atom is 0.328 e.